The number of nitrogens with two attached hydrogens (primary N) is 3. The minimum absolute atomic E-state index is 0.120. The van der Waals surface area contributed by atoms with Crippen LogP contribution in [0.4, 0.5) is 0 Å². The number of rotatable bonds is 15. The molecular formula is C16H28N8O8. The Morgan fingerprint density at radius 1 is 0.812 bits per heavy atom. The molecule has 0 aliphatic heterocycles. The predicted octanol–water partition coefficient (Wildman–Crippen LogP) is -5.24. The van der Waals surface area contributed by atoms with E-state index in [4.69, 9.17) is 27.4 Å². The molecule has 0 aromatic rings. The van der Waals surface area contributed by atoms with Crippen molar-refractivity contribution in [2.75, 3.05) is 26.2 Å². The van der Waals surface area contributed by atoms with Crippen LogP contribution in [0, 0.1) is 0 Å². The topological polar surface area (TPSA) is 281 Å². The molecule has 0 saturated carbocycles. The maximum atomic E-state index is 12.3. The minimum atomic E-state index is -1.57. The monoisotopic (exact) mass is 460 g/mol. The van der Waals surface area contributed by atoms with Gasteiger partial charge in [-0.15, -0.1) is 0 Å². The molecule has 0 radical (unpaired) electrons. The van der Waals surface area contributed by atoms with Gasteiger partial charge in [0.1, 0.15) is 18.6 Å². The lowest BCUT2D eigenvalue weighted by Crippen LogP contribution is -2.53. The number of carbonyl (C=O) groups excluding carboxylic acids is 4. The Hall–Kier alpha value is -3.95. The van der Waals surface area contributed by atoms with Crippen LogP contribution >= 0.6 is 0 Å². The van der Waals surface area contributed by atoms with E-state index < -0.39 is 67.2 Å². The van der Waals surface area contributed by atoms with Crippen LogP contribution in [0.25, 0.3) is 0 Å². The Bertz CT molecular complexity index is 738. The molecule has 4 amide bonds. The molecule has 180 valence electrons. The van der Waals surface area contributed by atoms with E-state index in [0.29, 0.717) is 6.42 Å². The van der Waals surface area contributed by atoms with Gasteiger partial charge in [0.25, 0.3) is 0 Å². The highest BCUT2D eigenvalue weighted by Gasteiger charge is 2.25. The number of hydrogen-bond acceptors (Lipinski definition) is 8. The normalized spacial score (nSPS) is 11.9. The highest BCUT2D eigenvalue weighted by molar-refractivity contribution is 5.94. The molecule has 0 aromatic heterocycles. The van der Waals surface area contributed by atoms with Crippen LogP contribution in [0.15, 0.2) is 4.99 Å². The van der Waals surface area contributed by atoms with Gasteiger partial charge in [-0.3, -0.25) is 33.8 Å². The number of guanidine groups is 1. The summed E-state index contributed by atoms with van der Waals surface area (Å²) in [4.78, 5) is 73.0. The largest absolute Gasteiger partial charge is 0.481 e. The summed E-state index contributed by atoms with van der Waals surface area (Å²) in [5, 5.41) is 26.1. The average molecular weight is 460 g/mol. The van der Waals surface area contributed by atoms with Crippen LogP contribution in [0.2, 0.25) is 0 Å². The van der Waals surface area contributed by atoms with Crippen LogP contribution in [-0.2, 0) is 28.8 Å². The van der Waals surface area contributed by atoms with E-state index in [1.165, 1.54) is 0 Å². The van der Waals surface area contributed by atoms with Crippen LogP contribution in [0.3, 0.4) is 0 Å². The first-order valence-electron chi connectivity index (χ1n) is 9.29. The summed E-state index contributed by atoms with van der Waals surface area (Å²) < 4.78 is 0. The number of carbonyl (C=O) groups is 6. The summed E-state index contributed by atoms with van der Waals surface area (Å²) in [6.07, 6.45) is -0.377. The van der Waals surface area contributed by atoms with E-state index in [0.717, 1.165) is 0 Å². The number of amides is 4. The van der Waals surface area contributed by atoms with Gasteiger partial charge in [-0.25, -0.2) is 0 Å². The summed E-state index contributed by atoms with van der Waals surface area (Å²) in [5.41, 5.74) is 15.6. The number of nitrogens with one attached hydrogen (secondary N) is 4. The molecule has 0 spiro atoms. The van der Waals surface area contributed by atoms with Gasteiger partial charge >= 0.3 is 11.9 Å². The van der Waals surface area contributed by atoms with E-state index in [1.807, 2.05) is 5.32 Å². The molecule has 2 atom stereocenters. The zero-order chi connectivity index (χ0) is 24.7. The van der Waals surface area contributed by atoms with Crippen molar-refractivity contribution in [3.63, 3.8) is 0 Å². The number of aliphatic imine (C=N–C) groups is 1. The van der Waals surface area contributed by atoms with Crippen molar-refractivity contribution in [2.45, 2.75) is 31.3 Å². The molecule has 1 unspecified atom stereocenters. The van der Waals surface area contributed by atoms with Crippen molar-refractivity contribution in [1.29, 1.82) is 0 Å². The zero-order valence-corrected chi connectivity index (χ0v) is 17.1. The number of carboxylic acid groups (broad SMARTS) is 2. The minimum Gasteiger partial charge on any atom is -0.481 e. The van der Waals surface area contributed by atoms with Crippen molar-refractivity contribution >= 4 is 41.5 Å². The molecule has 0 aromatic carbocycles. The molecule has 0 heterocycles. The van der Waals surface area contributed by atoms with E-state index in [1.54, 1.807) is 0 Å². The first kappa shape index (κ1) is 28.0. The van der Waals surface area contributed by atoms with E-state index in [2.05, 4.69) is 20.9 Å². The third kappa shape index (κ3) is 13.3. The van der Waals surface area contributed by atoms with Gasteiger partial charge in [-0.1, -0.05) is 0 Å². The van der Waals surface area contributed by atoms with E-state index >= 15 is 0 Å². The third-order valence-corrected chi connectivity index (χ3v) is 3.65. The molecule has 0 saturated heterocycles. The Morgan fingerprint density at radius 3 is 1.91 bits per heavy atom. The molecule has 16 nitrogen and oxygen atoms in total. The zero-order valence-electron chi connectivity index (χ0n) is 17.1. The first-order valence-corrected chi connectivity index (χ1v) is 9.29. The standard InChI is InChI=1S/C16H28N8O8/c17-5-10(25)23-8(2-1-3-20-16(18)19)14(31)21-6-11(26)24-9(4-12(27)28)15(32)22-7-13(29)30/h8-9H,1-7,17H2,(H,21,31)(H,22,32)(H,23,25)(H,24,26)(H,27,28)(H,29,30)(H4,18,19,20)/t8-,9?/m0/s1. The van der Waals surface area contributed by atoms with E-state index in [9.17, 15) is 28.8 Å². The van der Waals surface area contributed by atoms with Crippen LogP contribution in [-0.4, -0.2) is 90.0 Å². The van der Waals surface area contributed by atoms with Crippen LogP contribution < -0.4 is 38.5 Å². The molecule has 0 aliphatic rings. The third-order valence-electron chi connectivity index (χ3n) is 3.65. The first-order chi connectivity index (χ1) is 15.0. The Labute approximate surface area is 182 Å². The van der Waals surface area contributed by atoms with Gasteiger partial charge in [0.05, 0.1) is 19.5 Å². The Morgan fingerprint density at radius 2 is 1.38 bits per heavy atom. The number of nitrogens with zero attached hydrogens (tertiary/aromatic N) is 1. The van der Waals surface area contributed by atoms with Crippen molar-refractivity contribution in [1.82, 2.24) is 21.3 Å². The molecular weight excluding hydrogens is 432 g/mol. The fraction of sp³-hybridized carbons (Fsp3) is 0.562. The number of carboxylic acids is 2. The second kappa shape index (κ2) is 14.9. The number of hydrogen-bond donors (Lipinski definition) is 9. The van der Waals surface area contributed by atoms with Gasteiger partial charge in [0, 0.05) is 6.54 Å². The molecule has 32 heavy (non-hydrogen) atoms. The molecule has 0 aliphatic carbocycles. The molecule has 0 fully saturated rings. The van der Waals surface area contributed by atoms with Crippen LogP contribution in [0.1, 0.15) is 19.3 Å². The SMILES string of the molecule is NCC(=O)N[C@@H](CCCN=C(N)N)C(=O)NCC(=O)NC(CC(=O)O)C(=O)NCC(=O)O. The lowest BCUT2D eigenvalue weighted by Gasteiger charge is -2.19. The maximum absolute atomic E-state index is 12.3. The second-order valence-electron chi connectivity index (χ2n) is 6.32. The lowest BCUT2D eigenvalue weighted by atomic mass is 10.1. The lowest BCUT2D eigenvalue weighted by molar-refractivity contribution is -0.141. The quantitative estimate of drug-likeness (QED) is 0.0632. The van der Waals surface area contributed by atoms with Gasteiger partial charge in [-0.2, -0.15) is 0 Å². The Balaban J connectivity index is 4.89. The average Bonchev–Trinajstić information content (AvgIpc) is 2.71. The molecule has 12 N–H and O–H groups in total. The van der Waals surface area contributed by atoms with Gasteiger partial charge in [-0.05, 0) is 12.8 Å². The van der Waals surface area contributed by atoms with Crippen molar-refractivity contribution in [2.24, 2.45) is 22.2 Å². The number of aliphatic carboxylic acids is 2. The van der Waals surface area contributed by atoms with E-state index in [-0.39, 0.29) is 25.5 Å². The van der Waals surface area contributed by atoms with Gasteiger partial charge in [0.2, 0.25) is 23.6 Å². The predicted molar refractivity (Wildman–Crippen MR) is 109 cm³/mol. The molecule has 0 rings (SSSR count). The van der Waals surface area contributed by atoms with Crippen molar-refractivity contribution in [3.8, 4) is 0 Å². The summed E-state index contributed by atoms with van der Waals surface area (Å²) in [7, 11) is 0. The van der Waals surface area contributed by atoms with Crippen molar-refractivity contribution < 1.29 is 39.0 Å². The fourth-order valence-electron chi connectivity index (χ4n) is 2.23. The summed E-state index contributed by atoms with van der Waals surface area (Å²) in [6, 6.07) is -2.62. The summed E-state index contributed by atoms with van der Waals surface area (Å²) >= 11 is 0. The highest BCUT2D eigenvalue weighted by Crippen LogP contribution is 1.99. The van der Waals surface area contributed by atoms with Gasteiger partial charge < -0.3 is 48.7 Å². The van der Waals surface area contributed by atoms with Crippen molar-refractivity contribution in [3.05, 3.63) is 0 Å². The fourth-order valence-corrected chi connectivity index (χ4v) is 2.23. The maximum Gasteiger partial charge on any atom is 0.322 e. The Kier molecular flexibility index (Phi) is 13.1. The second-order valence-corrected chi connectivity index (χ2v) is 6.32. The summed E-state index contributed by atoms with van der Waals surface area (Å²) in [6.45, 7) is -1.61. The van der Waals surface area contributed by atoms with Gasteiger partial charge in [0.15, 0.2) is 5.96 Å². The molecule has 0 bridgehead atoms. The smallest absolute Gasteiger partial charge is 0.322 e. The molecule has 16 heteroatoms. The summed E-state index contributed by atoms with van der Waals surface area (Å²) in [5.74, 6) is -6.23. The highest BCUT2D eigenvalue weighted by atomic mass is 16.4. The van der Waals surface area contributed by atoms with Crippen LogP contribution in [0.5, 0.6) is 0 Å².